The Hall–Kier alpha value is -1.55. The van der Waals surface area contributed by atoms with E-state index in [0.29, 0.717) is 18.1 Å². The number of nitrogens with one attached hydrogen (secondary N) is 1. The summed E-state index contributed by atoms with van der Waals surface area (Å²) in [6.07, 6.45) is 1.94. The number of esters is 1. The molecule has 5 heteroatoms. The number of rotatable bonds is 2. The first-order valence-electron chi connectivity index (χ1n) is 6.82. The van der Waals surface area contributed by atoms with Gasteiger partial charge in [0, 0.05) is 16.9 Å². The van der Waals surface area contributed by atoms with Gasteiger partial charge < -0.3 is 10.1 Å². The maximum atomic E-state index is 12.2. The van der Waals surface area contributed by atoms with Gasteiger partial charge in [-0.15, -0.1) is 0 Å². The van der Waals surface area contributed by atoms with E-state index in [9.17, 15) is 9.59 Å². The van der Waals surface area contributed by atoms with E-state index in [1.807, 2.05) is 18.2 Å². The fraction of sp³-hybridized carbons (Fsp3) is 0.467. The zero-order valence-corrected chi connectivity index (χ0v) is 12.0. The SMILES string of the molecule is CCOC(=O)C1NC(=O)CC12CCc1cc(Cl)ccc12. The minimum absolute atomic E-state index is 0.0918. The molecule has 1 heterocycles. The molecule has 2 aliphatic rings. The van der Waals surface area contributed by atoms with E-state index in [2.05, 4.69) is 5.32 Å². The van der Waals surface area contributed by atoms with Gasteiger partial charge in [-0.2, -0.15) is 0 Å². The number of hydrogen-bond acceptors (Lipinski definition) is 3. The molecule has 1 N–H and O–H groups in total. The average molecular weight is 294 g/mol. The van der Waals surface area contributed by atoms with Crippen LogP contribution in [0.1, 0.15) is 30.9 Å². The highest BCUT2D eigenvalue weighted by Gasteiger charge is 2.55. The number of halogens is 1. The van der Waals surface area contributed by atoms with Crippen LogP contribution in [0, 0.1) is 0 Å². The van der Waals surface area contributed by atoms with E-state index in [-0.39, 0.29) is 11.9 Å². The molecule has 1 aromatic rings. The van der Waals surface area contributed by atoms with Gasteiger partial charge in [0.25, 0.3) is 0 Å². The summed E-state index contributed by atoms with van der Waals surface area (Å²) >= 11 is 6.02. The summed E-state index contributed by atoms with van der Waals surface area (Å²) in [6.45, 7) is 2.08. The Morgan fingerprint density at radius 1 is 1.55 bits per heavy atom. The monoisotopic (exact) mass is 293 g/mol. The minimum atomic E-state index is -0.586. The third-order valence-corrected chi connectivity index (χ3v) is 4.54. The lowest BCUT2D eigenvalue weighted by Gasteiger charge is -2.29. The molecule has 1 aliphatic carbocycles. The van der Waals surface area contributed by atoms with Crippen LogP contribution in [-0.2, 0) is 26.2 Å². The molecule has 0 radical (unpaired) electrons. The van der Waals surface area contributed by atoms with Crippen molar-refractivity contribution in [2.24, 2.45) is 0 Å². The zero-order chi connectivity index (χ0) is 14.3. The topological polar surface area (TPSA) is 55.4 Å². The first-order valence-corrected chi connectivity index (χ1v) is 7.19. The number of amides is 1. The number of fused-ring (bicyclic) bond motifs is 2. The molecule has 1 fully saturated rings. The van der Waals surface area contributed by atoms with Gasteiger partial charge in [-0.3, -0.25) is 4.79 Å². The summed E-state index contributed by atoms with van der Waals surface area (Å²) in [5.74, 6) is -0.438. The van der Waals surface area contributed by atoms with Gasteiger partial charge in [0.1, 0.15) is 6.04 Å². The Kier molecular flexibility index (Phi) is 3.21. The molecule has 20 heavy (non-hydrogen) atoms. The van der Waals surface area contributed by atoms with Crippen molar-refractivity contribution in [1.82, 2.24) is 5.32 Å². The van der Waals surface area contributed by atoms with Crippen molar-refractivity contribution in [3.05, 3.63) is 34.3 Å². The van der Waals surface area contributed by atoms with E-state index in [4.69, 9.17) is 16.3 Å². The number of aryl methyl sites for hydroxylation is 1. The molecule has 2 atom stereocenters. The maximum absolute atomic E-state index is 12.2. The normalized spacial score (nSPS) is 27.5. The van der Waals surface area contributed by atoms with Gasteiger partial charge in [0.15, 0.2) is 0 Å². The van der Waals surface area contributed by atoms with Gasteiger partial charge in [0.2, 0.25) is 5.91 Å². The van der Waals surface area contributed by atoms with Crippen molar-refractivity contribution in [1.29, 1.82) is 0 Å². The van der Waals surface area contributed by atoms with E-state index >= 15 is 0 Å². The van der Waals surface area contributed by atoms with Gasteiger partial charge in [0.05, 0.1) is 6.61 Å². The fourth-order valence-corrected chi connectivity index (χ4v) is 3.67. The fourth-order valence-electron chi connectivity index (χ4n) is 3.48. The average Bonchev–Trinajstić information content (AvgIpc) is 2.92. The predicted octanol–water partition coefficient (Wildman–Crippen LogP) is 1.98. The molecule has 0 aromatic heterocycles. The highest BCUT2D eigenvalue weighted by Crippen LogP contribution is 2.47. The van der Waals surface area contributed by atoms with E-state index in [0.717, 1.165) is 24.0 Å². The predicted molar refractivity (Wildman–Crippen MR) is 74.6 cm³/mol. The van der Waals surface area contributed by atoms with Crippen LogP contribution in [0.4, 0.5) is 0 Å². The minimum Gasteiger partial charge on any atom is -0.464 e. The van der Waals surface area contributed by atoms with Gasteiger partial charge in [-0.25, -0.2) is 4.79 Å². The number of ether oxygens (including phenoxy) is 1. The summed E-state index contributed by atoms with van der Waals surface area (Å²) in [4.78, 5) is 24.0. The van der Waals surface area contributed by atoms with Gasteiger partial charge in [-0.1, -0.05) is 17.7 Å². The van der Waals surface area contributed by atoms with E-state index in [1.165, 1.54) is 0 Å². The molecular weight excluding hydrogens is 278 g/mol. The third kappa shape index (κ3) is 1.90. The summed E-state index contributed by atoms with van der Waals surface area (Å²) in [7, 11) is 0. The number of benzene rings is 1. The summed E-state index contributed by atoms with van der Waals surface area (Å²) in [5.41, 5.74) is 1.71. The Morgan fingerprint density at radius 3 is 3.10 bits per heavy atom. The summed E-state index contributed by atoms with van der Waals surface area (Å²) in [5, 5.41) is 3.47. The second kappa shape index (κ2) is 4.77. The van der Waals surface area contributed by atoms with E-state index in [1.54, 1.807) is 6.92 Å². The number of carbonyl (C=O) groups is 2. The molecule has 1 aromatic carbocycles. The van der Waals surface area contributed by atoms with Crippen LogP contribution < -0.4 is 5.32 Å². The molecule has 0 saturated carbocycles. The standard InChI is InChI=1S/C15H16ClNO3/c1-2-20-14(19)13-15(8-12(18)17-13)6-5-9-7-10(16)3-4-11(9)15/h3-4,7,13H,2,5-6,8H2,1H3,(H,17,18). The van der Waals surface area contributed by atoms with Crippen LogP contribution in [0.2, 0.25) is 5.02 Å². The second-order valence-corrected chi connectivity index (χ2v) is 5.82. The van der Waals surface area contributed by atoms with Crippen molar-refractivity contribution in [3.8, 4) is 0 Å². The van der Waals surface area contributed by atoms with Crippen LogP contribution in [0.25, 0.3) is 0 Å². The molecule has 106 valence electrons. The third-order valence-electron chi connectivity index (χ3n) is 4.30. The quantitative estimate of drug-likeness (QED) is 0.848. The summed E-state index contributed by atoms with van der Waals surface area (Å²) in [6, 6.07) is 5.10. The lowest BCUT2D eigenvalue weighted by atomic mass is 9.75. The van der Waals surface area contributed by atoms with Crippen molar-refractivity contribution in [3.63, 3.8) is 0 Å². The molecule has 1 spiro atoms. The maximum Gasteiger partial charge on any atom is 0.329 e. The Labute approximate surface area is 122 Å². The van der Waals surface area contributed by atoms with Crippen molar-refractivity contribution < 1.29 is 14.3 Å². The highest BCUT2D eigenvalue weighted by molar-refractivity contribution is 6.30. The first-order chi connectivity index (χ1) is 9.56. The second-order valence-electron chi connectivity index (χ2n) is 5.39. The zero-order valence-electron chi connectivity index (χ0n) is 11.2. The molecule has 4 nitrogen and oxygen atoms in total. The van der Waals surface area contributed by atoms with E-state index < -0.39 is 11.5 Å². The van der Waals surface area contributed by atoms with Crippen molar-refractivity contribution in [2.75, 3.05) is 6.61 Å². The molecule has 0 bridgehead atoms. The van der Waals surface area contributed by atoms with Crippen LogP contribution in [0.3, 0.4) is 0 Å². The molecule has 1 saturated heterocycles. The Balaban J connectivity index is 2.03. The van der Waals surface area contributed by atoms with Crippen LogP contribution in [-0.4, -0.2) is 24.5 Å². The smallest absolute Gasteiger partial charge is 0.329 e. The Morgan fingerprint density at radius 2 is 2.35 bits per heavy atom. The number of hydrogen-bond donors (Lipinski definition) is 1. The lowest BCUT2D eigenvalue weighted by Crippen LogP contribution is -2.46. The Bertz CT molecular complexity index is 586. The van der Waals surface area contributed by atoms with Gasteiger partial charge >= 0.3 is 5.97 Å². The molecule has 3 rings (SSSR count). The molecule has 1 aliphatic heterocycles. The molecule has 2 unspecified atom stereocenters. The largest absolute Gasteiger partial charge is 0.464 e. The number of carbonyl (C=O) groups excluding carboxylic acids is 2. The van der Waals surface area contributed by atoms with Crippen molar-refractivity contribution in [2.45, 2.75) is 37.6 Å². The molecular formula is C15H16ClNO3. The van der Waals surface area contributed by atoms with Crippen molar-refractivity contribution >= 4 is 23.5 Å². The first kappa shape index (κ1) is 13.4. The van der Waals surface area contributed by atoms with Crippen LogP contribution in [0.15, 0.2) is 18.2 Å². The summed E-state index contributed by atoms with van der Waals surface area (Å²) < 4.78 is 5.12. The van der Waals surface area contributed by atoms with Crippen LogP contribution >= 0.6 is 11.6 Å². The highest BCUT2D eigenvalue weighted by atomic mass is 35.5. The van der Waals surface area contributed by atoms with Crippen LogP contribution in [0.5, 0.6) is 0 Å². The molecule has 1 amide bonds. The lowest BCUT2D eigenvalue weighted by molar-refractivity contribution is -0.147. The van der Waals surface area contributed by atoms with Gasteiger partial charge in [-0.05, 0) is 43.0 Å².